The van der Waals surface area contributed by atoms with Crippen molar-refractivity contribution in [3.8, 4) is 0 Å². The van der Waals surface area contributed by atoms with Crippen molar-refractivity contribution in [1.82, 2.24) is 10.2 Å². The molecule has 2 nitrogen and oxygen atoms in total. The predicted octanol–water partition coefficient (Wildman–Crippen LogP) is 5.58. The number of benzene rings is 3. The lowest BCUT2D eigenvalue weighted by atomic mass is 9.89. The van der Waals surface area contributed by atoms with Gasteiger partial charge in [0.15, 0.2) is 0 Å². The van der Waals surface area contributed by atoms with Crippen LogP contribution in [0.25, 0.3) is 21.5 Å². The molecule has 0 bridgehead atoms. The monoisotopic (exact) mass is 390 g/mol. The Morgan fingerprint density at radius 3 is 1.96 bits per heavy atom. The Kier molecular flexibility index (Phi) is 7.72. The van der Waals surface area contributed by atoms with Gasteiger partial charge in [0.1, 0.15) is 0 Å². The van der Waals surface area contributed by atoms with Crippen molar-refractivity contribution in [2.75, 3.05) is 26.2 Å². The highest BCUT2D eigenvalue weighted by atomic mass is 35.5. The van der Waals surface area contributed by atoms with Crippen LogP contribution in [0.2, 0.25) is 0 Å². The van der Waals surface area contributed by atoms with Gasteiger partial charge in [0.05, 0.1) is 0 Å². The average Bonchev–Trinajstić information content (AvgIpc) is 2.65. The normalized spacial score (nSPS) is 16.0. The second kappa shape index (κ2) is 9.57. The van der Waals surface area contributed by atoms with Gasteiger partial charge in [0, 0.05) is 32.2 Å². The maximum Gasteiger partial charge on any atom is 0.0361 e. The van der Waals surface area contributed by atoms with Gasteiger partial charge in [-0.2, -0.15) is 0 Å². The largest absolute Gasteiger partial charge is 0.314 e. The standard InChI is InChI=1S/C22H26N2.2ClH/c1-2-7-21(24-14-12-23-13-15-24)22-19-10-5-3-8-17(19)16-18-9-4-6-11-20(18)22;;/h3-6,8-11,16,21,23H,2,7,12-15H2,1H3;2*1H/t21-;;/m0../s1. The smallest absolute Gasteiger partial charge is 0.0361 e. The van der Waals surface area contributed by atoms with E-state index in [-0.39, 0.29) is 24.8 Å². The highest BCUT2D eigenvalue weighted by Gasteiger charge is 2.24. The van der Waals surface area contributed by atoms with Crippen LogP contribution in [-0.2, 0) is 0 Å². The number of fused-ring (bicyclic) bond motifs is 2. The van der Waals surface area contributed by atoms with E-state index in [0.29, 0.717) is 6.04 Å². The molecule has 1 atom stereocenters. The van der Waals surface area contributed by atoms with Crippen LogP contribution in [-0.4, -0.2) is 31.1 Å². The molecule has 0 aromatic heterocycles. The van der Waals surface area contributed by atoms with Crippen molar-refractivity contribution < 1.29 is 0 Å². The second-order valence-electron chi connectivity index (χ2n) is 6.82. The molecule has 0 saturated carbocycles. The highest BCUT2D eigenvalue weighted by molar-refractivity contribution is 6.02. The molecule has 1 saturated heterocycles. The maximum atomic E-state index is 3.50. The first-order valence-corrected chi connectivity index (χ1v) is 9.23. The number of nitrogens with one attached hydrogen (secondary N) is 1. The molecule has 3 aromatic rings. The Bertz CT molecular complexity index is 790. The van der Waals surface area contributed by atoms with Crippen molar-refractivity contribution in [2.24, 2.45) is 0 Å². The summed E-state index contributed by atoms with van der Waals surface area (Å²) in [6, 6.07) is 20.6. The zero-order valence-electron chi connectivity index (χ0n) is 15.3. The summed E-state index contributed by atoms with van der Waals surface area (Å²) in [5, 5.41) is 9.07. The molecule has 1 aliphatic rings. The van der Waals surface area contributed by atoms with Gasteiger partial charge in [-0.05, 0) is 39.6 Å². The van der Waals surface area contributed by atoms with Crippen LogP contribution in [0.1, 0.15) is 31.4 Å². The molecular formula is C22H28Cl2N2. The minimum absolute atomic E-state index is 0. The molecule has 0 amide bonds. The quantitative estimate of drug-likeness (QED) is 0.584. The van der Waals surface area contributed by atoms with Crippen molar-refractivity contribution in [3.05, 3.63) is 60.2 Å². The summed E-state index contributed by atoms with van der Waals surface area (Å²) in [6.45, 7) is 6.79. The van der Waals surface area contributed by atoms with E-state index < -0.39 is 0 Å². The van der Waals surface area contributed by atoms with Crippen LogP contribution in [0.3, 0.4) is 0 Å². The molecule has 0 aliphatic carbocycles. The summed E-state index contributed by atoms with van der Waals surface area (Å²) < 4.78 is 0. The van der Waals surface area contributed by atoms with Crippen molar-refractivity contribution in [2.45, 2.75) is 25.8 Å². The molecule has 1 fully saturated rings. The van der Waals surface area contributed by atoms with Crippen LogP contribution < -0.4 is 5.32 Å². The molecule has 0 spiro atoms. The third-order valence-corrected chi connectivity index (χ3v) is 5.30. The van der Waals surface area contributed by atoms with Gasteiger partial charge in [0.25, 0.3) is 0 Å². The fraction of sp³-hybridized carbons (Fsp3) is 0.364. The third-order valence-electron chi connectivity index (χ3n) is 5.30. The lowest BCUT2D eigenvalue weighted by Gasteiger charge is -2.36. The number of hydrogen-bond acceptors (Lipinski definition) is 2. The van der Waals surface area contributed by atoms with E-state index in [9.17, 15) is 0 Å². The van der Waals surface area contributed by atoms with Gasteiger partial charge in [-0.3, -0.25) is 4.90 Å². The Morgan fingerprint density at radius 2 is 1.42 bits per heavy atom. The molecule has 1 N–H and O–H groups in total. The fourth-order valence-corrected chi connectivity index (χ4v) is 4.18. The molecule has 140 valence electrons. The van der Waals surface area contributed by atoms with E-state index in [4.69, 9.17) is 0 Å². The first-order valence-electron chi connectivity index (χ1n) is 9.23. The summed E-state index contributed by atoms with van der Waals surface area (Å²) >= 11 is 0. The van der Waals surface area contributed by atoms with Gasteiger partial charge in [0.2, 0.25) is 0 Å². The summed E-state index contributed by atoms with van der Waals surface area (Å²) in [6.07, 6.45) is 2.43. The van der Waals surface area contributed by atoms with Gasteiger partial charge >= 0.3 is 0 Å². The van der Waals surface area contributed by atoms with Gasteiger partial charge < -0.3 is 5.32 Å². The Hall–Kier alpha value is -1.32. The number of hydrogen-bond donors (Lipinski definition) is 1. The number of halogens is 2. The third kappa shape index (κ3) is 3.99. The average molecular weight is 391 g/mol. The lowest BCUT2D eigenvalue weighted by molar-refractivity contribution is 0.166. The fourth-order valence-electron chi connectivity index (χ4n) is 4.18. The van der Waals surface area contributed by atoms with Crippen LogP contribution in [0.4, 0.5) is 0 Å². The minimum Gasteiger partial charge on any atom is -0.314 e. The molecule has 1 heterocycles. The molecule has 0 unspecified atom stereocenters. The van der Waals surface area contributed by atoms with Crippen LogP contribution in [0.15, 0.2) is 54.6 Å². The van der Waals surface area contributed by atoms with Gasteiger partial charge in [-0.1, -0.05) is 61.9 Å². The van der Waals surface area contributed by atoms with E-state index in [1.807, 2.05) is 0 Å². The highest BCUT2D eigenvalue weighted by Crippen LogP contribution is 2.37. The SMILES string of the molecule is CCC[C@@H](c1c2ccccc2cc2ccccc12)N1CCNCC1.Cl.Cl. The van der Waals surface area contributed by atoms with E-state index in [1.54, 1.807) is 0 Å². The number of nitrogens with zero attached hydrogens (tertiary/aromatic N) is 1. The topological polar surface area (TPSA) is 15.3 Å². The lowest BCUT2D eigenvalue weighted by Crippen LogP contribution is -2.45. The maximum absolute atomic E-state index is 3.50. The summed E-state index contributed by atoms with van der Waals surface area (Å²) in [4.78, 5) is 2.69. The molecule has 4 heteroatoms. The van der Waals surface area contributed by atoms with Crippen molar-refractivity contribution in [1.29, 1.82) is 0 Å². The van der Waals surface area contributed by atoms with Gasteiger partial charge in [-0.25, -0.2) is 0 Å². The first-order chi connectivity index (χ1) is 11.9. The Balaban J connectivity index is 0.00000121. The van der Waals surface area contributed by atoms with Crippen LogP contribution in [0, 0.1) is 0 Å². The summed E-state index contributed by atoms with van der Waals surface area (Å²) in [5.74, 6) is 0. The Morgan fingerprint density at radius 1 is 0.885 bits per heavy atom. The molecular weight excluding hydrogens is 363 g/mol. The second-order valence-corrected chi connectivity index (χ2v) is 6.82. The van der Waals surface area contributed by atoms with E-state index in [0.717, 1.165) is 26.2 Å². The minimum atomic E-state index is 0. The summed E-state index contributed by atoms with van der Waals surface area (Å²) in [5.41, 5.74) is 1.53. The van der Waals surface area contributed by atoms with E-state index in [2.05, 4.69) is 71.7 Å². The number of rotatable bonds is 4. The number of piperazine rings is 1. The molecule has 1 aliphatic heterocycles. The summed E-state index contributed by atoms with van der Waals surface area (Å²) in [7, 11) is 0. The first kappa shape index (κ1) is 21.0. The van der Waals surface area contributed by atoms with E-state index >= 15 is 0 Å². The van der Waals surface area contributed by atoms with Crippen molar-refractivity contribution in [3.63, 3.8) is 0 Å². The predicted molar refractivity (Wildman–Crippen MR) is 118 cm³/mol. The molecule has 26 heavy (non-hydrogen) atoms. The van der Waals surface area contributed by atoms with Gasteiger partial charge in [-0.15, -0.1) is 24.8 Å². The molecule has 3 aromatic carbocycles. The molecule has 4 rings (SSSR count). The molecule has 0 radical (unpaired) electrons. The zero-order valence-corrected chi connectivity index (χ0v) is 16.9. The zero-order chi connectivity index (χ0) is 16.4. The Labute approximate surface area is 168 Å². The van der Waals surface area contributed by atoms with Crippen LogP contribution in [0.5, 0.6) is 0 Å². The van der Waals surface area contributed by atoms with Crippen LogP contribution >= 0.6 is 24.8 Å². The van der Waals surface area contributed by atoms with E-state index in [1.165, 1.54) is 39.9 Å². The van der Waals surface area contributed by atoms with Crippen molar-refractivity contribution >= 4 is 46.4 Å².